The minimum Gasteiger partial charge on any atom is -0.367 e. The number of nitrogens with zero attached hydrogens (tertiary/aromatic N) is 2. The third-order valence-electron chi connectivity index (χ3n) is 5.20. The lowest BCUT2D eigenvalue weighted by Crippen LogP contribution is -2.38. The van der Waals surface area contributed by atoms with Gasteiger partial charge in [0.15, 0.2) is 0 Å². The highest BCUT2D eigenvalue weighted by molar-refractivity contribution is 7.89. The van der Waals surface area contributed by atoms with E-state index >= 15 is 0 Å². The van der Waals surface area contributed by atoms with Crippen LogP contribution in [0.5, 0.6) is 0 Å². The number of piperidine rings is 1. The molecule has 0 radical (unpaired) electrons. The van der Waals surface area contributed by atoms with Gasteiger partial charge in [0, 0.05) is 24.3 Å². The molecule has 5 nitrogen and oxygen atoms in total. The van der Waals surface area contributed by atoms with E-state index in [0.29, 0.717) is 17.5 Å². The number of rotatable bonds is 5. The van der Waals surface area contributed by atoms with Crippen LogP contribution in [0.3, 0.4) is 0 Å². The number of aromatic nitrogens is 1. The van der Waals surface area contributed by atoms with Crippen molar-refractivity contribution < 1.29 is 8.42 Å². The molecule has 0 bridgehead atoms. The van der Waals surface area contributed by atoms with Gasteiger partial charge in [-0.1, -0.05) is 30.2 Å². The summed E-state index contributed by atoms with van der Waals surface area (Å²) in [5, 5.41) is 3.47. The maximum Gasteiger partial charge on any atom is 0.243 e. The molecule has 1 N–H and O–H groups in total. The smallest absolute Gasteiger partial charge is 0.243 e. The Balaban J connectivity index is 1.70. The average molecular weight is 372 g/mol. The first-order valence-corrected chi connectivity index (χ1v) is 10.8. The molecule has 26 heavy (non-hydrogen) atoms. The molecule has 1 aliphatic heterocycles. The third kappa shape index (κ3) is 3.48. The van der Waals surface area contributed by atoms with E-state index in [1.807, 2.05) is 31.2 Å². The summed E-state index contributed by atoms with van der Waals surface area (Å²) >= 11 is 0. The fourth-order valence-electron chi connectivity index (χ4n) is 3.58. The van der Waals surface area contributed by atoms with Crippen molar-refractivity contribution in [1.29, 1.82) is 0 Å². The fraction of sp³-hybridized carbons (Fsp3) is 0.450. The fourth-order valence-corrected chi connectivity index (χ4v) is 5.25. The quantitative estimate of drug-likeness (QED) is 0.866. The molecular formula is C20H25N3O2S. The van der Waals surface area contributed by atoms with Crippen LogP contribution in [0.1, 0.15) is 49.3 Å². The van der Waals surface area contributed by atoms with Crippen LogP contribution < -0.4 is 5.32 Å². The Hall–Kier alpha value is -1.92. The van der Waals surface area contributed by atoms with Crippen LogP contribution >= 0.6 is 0 Å². The van der Waals surface area contributed by atoms with Gasteiger partial charge in [0.1, 0.15) is 5.82 Å². The van der Waals surface area contributed by atoms with E-state index in [0.717, 1.165) is 49.0 Å². The Morgan fingerprint density at radius 2 is 1.85 bits per heavy atom. The van der Waals surface area contributed by atoms with Crippen LogP contribution in [0.15, 0.2) is 47.5 Å². The molecule has 1 aliphatic carbocycles. The monoisotopic (exact) mass is 371 g/mol. The summed E-state index contributed by atoms with van der Waals surface area (Å²) in [7, 11) is -3.53. The number of anilines is 1. The number of aryl methyl sites for hydroxylation is 1. The highest BCUT2D eigenvalue weighted by Crippen LogP contribution is 2.38. The molecule has 1 aromatic heterocycles. The summed E-state index contributed by atoms with van der Waals surface area (Å²) < 4.78 is 28.3. The molecule has 0 spiro atoms. The lowest BCUT2D eigenvalue weighted by molar-refractivity contribution is 0.256. The Labute approximate surface area is 155 Å². The standard InChI is InChI=1S/C20H25N3O2S/c1-15-7-11-17(12-8-15)26(24,25)23-14-3-2-6-19(23)18-5-4-13-21-20(18)22-16-9-10-16/h4-5,7-8,11-13,16,19H,2-3,6,9-10,14H2,1H3,(H,21,22). The van der Waals surface area contributed by atoms with E-state index in [1.54, 1.807) is 22.6 Å². The van der Waals surface area contributed by atoms with E-state index in [9.17, 15) is 8.42 Å². The van der Waals surface area contributed by atoms with Crippen LogP contribution in [-0.4, -0.2) is 30.3 Å². The second-order valence-corrected chi connectivity index (χ2v) is 9.19. The molecule has 138 valence electrons. The van der Waals surface area contributed by atoms with Gasteiger partial charge in [-0.25, -0.2) is 13.4 Å². The largest absolute Gasteiger partial charge is 0.367 e. The third-order valence-corrected chi connectivity index (χ3v) is 7.12. The number of benzene rings is 1. The molecular weight excluding hydrogens is 346 g/mol. The van der Waals surface area contributed by atoms with Gasteiger partial charge in [-0.05, 0) is 50.8 Å². The van der Waals surface area contributed by atoms with Gasteiger partial charge in [-0.2, -0.15) is 4.31 Å². The first-order chi connectivity index (χ1) is 12.6. The first-order valence-electron chi connectivity index (χ1n) is 9.36. The molecule has 2 aliphatic rings. The van der Waals surface area contributed by atoms with Crippen molar-refractivity contribution in [2.75, 3.05) is 11.9 Å². The molecule has 2 aromatic rings. The minimum atomic E-state index is -3.53. The number of pyridine rings is 1. The van der Waals surface area contributed by atoms with Crippen molar-refractivity contribution in [2.24, 2.45) is 0 Å². The van der Waals surface area contributed by atoms with Crippen molar-refractivity contribution in [1.82, 2.24) is 9.29 Å². The predicted molar refractivity (Wildman–Crippen MR) is 103 cm³/mol. The Morgan fingerprint density at radius 1 is 1.08 bits per heavy atom. The van der Waals surface area contributed by atoms with Crippen molar-refractivity contribution in [3.05, 3.63) is 53.7 Å². The number of hydrogen-bond acceptors (Lipinski definition) is 4. The van der Waals surface area contributed by atoms with Crippen LogP contribution in [0.4, 0.5) is 5.82 Å². The van der Waals surface area contributed by atoms with Gasteiger partial charge in [0.2, 0.25) is 10.0 Å². The van der Waals surface area contributed by atoms with Crippen molar-refractivity contribution >= 4 is 15.8 Å². The second kappa shape index (κ2) is 7.00. The summed E-state index contributed by atoms with van der Waals surface area (Å²) in [6, 6.07) is 11.4. The zero-order valence-corrected chi connectivity index (χ0v) is 15.9. The number of hydrogen-bond donors (Lipinski definition) is 1. The minimum absolute atomic E-state index is 0.162. The highest BCUT2D eigenvalue weighted by Gasteiger charge is 2.36. The van der Waals surface area contributed by atoms with Gasteiger partial charge in [0.25, 0.3) is 0 Å². The molecule has 0 amide bonds. The van der Waals surface area contributed by atoms with E-state index < -0.39 is 10.0 Å². The maximum absolute atomic E-state index is 13.3. The SMILES string of the molecule is Cc1ccc(S(=O)(=O)N2CCCCC2c2cccnc2NC2CC2)cc1. The molecule has 6 heteroatoms. The zero-order valence-electron chi connectivity index (χ0n) is 15.1. The van der Waals surface area contributed by atoms with Gasteiger partial charge in [-0.3, -0.25) is 0 Å². The van der Waals surface area contributed by atoms with Crippen LogP contribution in [-0.2, 0) is 10.0 Å². The van der Waals surface area contributed by atoms with E-state index in [1.165, 1.54) is 0 Å². The maximum atomic E-state index is 13.3. The second-order valence-electron chi connectivity index (χ2n) is 7.30. The molecule has 2 fully saturated rings. The zero-order chi connectivity index (χ0) is 18.1. The molecule has 1 aromatic carbocycles. The van der Waals surface area contributed by atoms with Crippen molar-refractivity contribution in [3.63, 3.8) is 0 Å². The van der Waals surface area contributed by atoms with Gasteiger partial charge in [-0.15, -0.1) is 0 Å². The predicted octanol–water partition coefficient (Wildman–Crippen LogP) is 3.88. The molecule has 1 saturated heterocycles. The lowest BCUT2D eigenvalue weighted by Gasteiger charge is -2.35. The van der Waals surface area contributed by atoms with Crippen LogP contribution in [0.25, 0.3) is 0 Å². The number of nitrogens with one attached hydrogen (secondary N) is 1. The lowest BCUT2D eigenvalue weighted by atomic mass is 9.98. The van der Waals surface area contributed by atoms with Gasteiger partial charge in [0.05, 0.1) is 10.9 Å². The van der Waals surface area contributed by atoms with Crippen LogP contribution in [0.2, 0.25) is 0 Å². The van der Waals surface area contributed by atoms with Gasteiger partial charge >= 0.3 is 0 Å². The summed E-state index contributed by atoms with van der Waals surface area (Å²) in [6.07, 6.45) is 6.85. The summed E-state index contributed by atoms with van der Waals surface area (Å²) in [5.41, 5.74) is 2.05. The molecule has 1 atom stereocenters. The van der Waals surface area contributed by atoms with E-state index in [2.05, 4.69) is 10.3 Å². The first kappa shape index (κ1) is 17.5. The molecule has 1 unspecified atom stereocenters. The highest BCUT2D eigenvalue weighted by atomic mass is 32.2. The summed E-state index contributed by atoms with van der Waals surface area (Å²) in [5.74, 6) is 0.839. The summed E-state index contributed by atoms with van der Waals surface area (Å²) in [6.45, 7) is 2.52. The Kier molecular flexibility index (Phi) is 4.71. The van der Waals surface area contributed by atoms with E-state index in [4.69, 9.17) is 0 Å². The Bertz CT molecular complexity index is 876. The van der Waals surface area contributed by atoms with Crippen LogP contribution in [0, 0.1) is 6.92 Å². The van der Waals surface area contributed by atoms with Crippen molar-refractivity contribution in [2.45, 2.75) is 56.0 Å². The molecule has 1 saturated carbocycles. The van der Waals surface area contributed by atoms with Crippen molar-refractivity contribution in [3.8, 4) is 0 Å². The summed E-state index contributed by atoms with van der Waals surface area (Å²) in [4.78, 5) is 4.87. The molecule has 4 rings (SSSR count). The Morgan fingerprint density at radius 3 is 2.58 bits per heavy atom. The van der Waals surface area contributed by atoms with Gasteiger partial charge < -0.3 is 5.32 Å². The van der Waals surface area contributed by atoms with E-state index in [-0.39, 0.29) is 6.04 Å². The topological polar surface area (TPSA) is 62.3 Å². The normalized spacial score (nSPS) is 21.5. The molecule has 2 heterocycles. The number of sulfonamides is 1. The average Bonchev–Trinajstić information content (AvgIpc) is 3.47.